The van der Waals surface area contributed by atoms with E-state index in [9.17, 15) is 31.1 Å². The van der Waals surface area contributed by atoms with E-state index in [-0.39, 0.29) is 16.9 Å². The number of alkyl halides is 6. The Morgan fingerprint density at radius 2 is 1.71 bits per heavy atom. The second-order valence-electron chi connectivity index (χ2n) is 6.33. The molecule has 0 aliphatic rings. The molecule has 0 radical (unpaired) electrons. The van der Waals surface area contributed by atoms with Crippen LogP contribution in [-0.4, -0.2) is 25.9 Å². The van der Waals surface area contributed by atoms with Crippen LogP contribution in [0.3, 0.4) is 0 Å². The van der Waals surface area contributed by atoms with Crippen LogP contribution < -0.4 is 5.56 Å². The molecule has 0 amide bonds. The Labute approximate surface area is 154 Å². The minimum Gasteiger partial charge on any atom is -0.310 e. The molecule has 2 heterocycles. The van der Waals surface area contributed by atoms with Crippen molar-refractivity contribution >= 4 is 11.0 Å². The van der Waals surface area contributed by atoms with E-state index in [1.807, 2.05) is 0 Å². The van der Waals surface area contributed by atoms with Crippen LogP contribution in [0.1, 0.15) is 35.6 Å². The molecule has 1 N–H and O–H groups in total. The Balaban J connectivity index is 2.13. The number of aryl methyl sites for hydroxylation is 1. The summed E-state index contributed by atoms with van der Waals surface area (Å²) in [5, 5.41) is 3.63. The van der Waals surface area contributed by atoms with Crippen molar-refractivity contribution in [3.05, 3.63) is 57.3 Å². The monoisotopic (exact) mass is 404 g/mol. The number of aromatic nitrogens is 4. The number of halogens is 6. The van der Waals surface area contributed by atoms with Crippen molar-refractivity contribution in [2.24, 2.45) is 0 Å². The van der Waals surface area contributed by atoms with Gasteiger partial charge >= 0.3 is 12.4 Å². The third kappa shape index (κ3) is 3.87. The zero-order valence-electron chi connectivity index (χ0n) is 14.6. The SMILES string of the molecule is Cc1nc2c(c(CC(F)(F)F)nn2[C@@H](C)c2ccc(C(F)(F)F)cc2)c(=O)[nH]1. The second kappa shape index (κ2) is 6.64. The predicted octanol–water partition coefficient (Wildman–Crippen LogP) is 4.16. The average molecular weight is 404 g/mol. The lowest BCUT2D eigenvalue weighted by atomic mass is 10.1. The number of nitrogens with zero attached hydrogens (tertiary/aromatic N) is 3. The van der Waals surface area contributed by atoms with Gasteiger partial charge in [-0.15, -0.1) is 0 Å². The maximum Gasteiger partial charge on any atom is 0.416 e. The molecule has 3 rings (SSSR count). The Hall–Kier alpha value is -2.85. The summed E-state index contributed by atoms with van der Waals surface area (Å²) in [6.07, 6.45) is -10.5. The Kier molecular flexibility index (Phi) is 4.72. The van der Waals surface area contributed by atoms with Crippen molar-refractivity contribution in [1.82, 2.24) is 19.7 Å². The number of nitrogens with one attached hydrogen (secondary N) is 1. The van der Waals surface area contributed by atoms with Gasteiger partial charge < -0.3 is 4.98 Å². The van der Waals surface area contributed by atoms with Crippen LogP contribution in [0.5, 0.6) is 0 Å². The van der Waals surface area contributed by atoms with E-state index >= 15 is 0 Å². The molecular weight excluding hydrogens is 390 g/mol. The summed E-state index contributed by atoms with van der Waals surface area (Å²) >= 11 is 0. The maximum atomic E-state index is 12.9. The molecule has 0 fully saturated rings. The quantitative estimate of drug-likeness (QED) is 0.667. The molecule has 0 unspecified atom stereocenters. The third-order valence-electron chi connectivity index (χ3n) is 4.21. The van der Waals surface area contributed by atoms with Crippen molar-refractivity contribution in [3.8, 4) is 0 Å². The molecule has 1 atom stereocenters. The van der Waals surface area contributed by atoms with Gasteiger partial charge in [0.2, 0.25) is 0 Å². The summed E-state index contributed by atoms with van der Waals surface area (Å²) in [7, 11) is 0. The van der Waals surface area contributed by atoms with Crippen LogP contribution in [0.15, 0.2) is 29.1 Å². The Morgan fingerprint density at radius 3 is 2.25 bits per heavy atom. The average Bonchev–Trinajstić information content (AvgIpc) is 2.90. The summed E-state index contributed by atoms with van der Waals surface area (Å²) < 4.78 is 78.0. The zero-order chi connectivity index (χ0) is 20.9. The van der Waals surface area contributed by atoms with Crippen LogP contribution in [0.2, 0.25) is 0 Å². The molecule has 0 aliphatic heterocycles. The first-order valence-electron chi connectivity index (χ1n) is 8.09. The Morgan fingerprint density at radius 1 is 1.11 bits per heavy atom. The lowest BCUT2D eigenvalue weighted by Gasteiger charge is -2.15. The third-order valence-corrected chi connectivity index (χ3v) is 4.21. The highest BCUT2D eigenvalue weighted by molar-refractivity contribution is 5.77. The van der Waals surface area contributed by atoms with Gasteiger partial charge in [0.05, 0.1) is 23.7 Å². The van der Waals surface area contributed by atoms with E-state index in [4.69, 9.17) is 0 Å². The lowest BCUT2D eigenvalue weighted by Crippen LogP contribution is -2.15. The number of hydrogen-bond acceptors (Lipinski definition) is 3. The standard InChI is InChI=1S/C17H14F6N4O/c1-8(10-3-5-11(6-4-10)17(21,22)23)27-14-13(15(28)25-9(2)24-14)12(26-27)7-16(18,19)20/h3-6,8H,7H2,1-2H3,(H,24,25,28)/t8-/m0/s1. The van der Waals surface area contributed by atoms with Gasteiger partial charge in [0.15, 0.2) is 5.65 Å². The number of rotatable bonds is 3. The number of benzene rings is 1. The molecular formula is C17H14F6N4O. The van der Waals surface area contributed by atoms with Gasteiger partial charge in [-0.25, -0.2) is 9.67 Å². The molecule has 3 aromatic rings. The molecule has 1 aromatic carbocycles. The summed E-state index contributed by atoms with van der Waals surface area (Å²) in [5.41, 5.74) is -1.79. The first-order valence-corrected chi connectivity index (χ1v) is 8.09. The van der Waals surface area contributed by atoms with Gasteiger partial charge in [0.25, 0.3) is 5.56 Å². The largest absolute Gasteiger partial charge is 0.416 e. The molecule has 0 aliphatic carbocycles. The number of H-pyrrole nitrogens is 1. The normalized spacial score (nSPS) is 13.9. The maximum absolute atomic E-state index is 12.9. The zero-order valence-corrected chi connectivity index (χ0v) is 14.6. The fraction of sp³-hybridized carbons (Fsp3) is 0.353. The highest BCUT2D eigenvalue weighted by atomic mass is 19.4. The fourth-order valence-corrected chi connectivity index (χ4v) is 2.90. The lowest BCUT2D eigenvalue weighted by molar-refractivity contribution is -0.137. The summed E-state index contributed by atoms with van der Waals surface area (Å²) in [5.74, 6) is 0.178. The van der Waals surface area contributed by atoms with E-state index in [2.05, 4.69) is 15.1 Å². The highest BCUT2D eigenvalue weighted by Crippen LogP contribution is 2.31. The van der Waals surface area contributed by atoms with E-state index in [0.29, 0.717) is 5.56 Å². The molecule has 0 saturated heterocycles. The van der Waals surface area contributed by atoms with Gasteiger partial charge in [0.1, 0.15) is 11.2 Å². The van der Waals surface area contributed by atoms with Crippen molar-refractivity contribution in [1.29, 1.82) is 0 Å². The van der Waals surface area contributed by atoms with Gasteiger partial charge in [0, 0.05) is 0 Å². The number of fused-ring (bicyclic) bond motifs is 1. The minimum atomic E-state index is -4.60. The number of aromatic amines is 1. The van der Waals surface area contributed by atoms with E-state index in [1.165, 1.54) is 19.1 Å². The van der Waals surface area contributed by atoms with E-state index in [1.54, 1.807) is 6.92 Å². The molecule has 2 aromatic heterocycles. The van der Waals surface area contributed by atoms with Crippen molar-refractivity contribution in [2.75, 3.05) is 0 Å². The van der Waals surface area contributed by atoms with Crippen molar-refractivity contribution in [3.63, 3.8) is 0 Å². The van der Waals surface area contributed by atoms with Crippen LogP contribution in [0.4, 0.5) is 26.3 Å². The summed E-state index contributed by atoms with van der Waals surface area (Å²) in [4.78, 5) is 18.6. The first-order chi connectivity index (χ1) is 12.9. The topological polar surface area (TPSA) is 63.6 Å². The summed E-state index contributed by atoms with van der Waals surface area (Å²) in [6.45, 7) is 3.01. The molecule has 5 nitrogen and oxygen atoms in total. The van der Waals surface area contributed by atoms with Crippen LogP contribution in [0.25, 0.3) is 11.0 Å². The van der Waals surface area contributed by atoms with Gasteiger partial charge in [-0.2, -0.15) is 31.4 Å². The van der Waals surface area contributed by atoms with Gasteiger partial charge in [-0.05, 0) is 31.5 Å². The van der Waals surface area contributed by atoms with Crippen molar-refractivity contribution < 1.29 is 26.3 Å². The molecule has 28 heavy (non-hydrogen) atoms. The highest BCUT2D eigenvalue weighted by Gasteiger charge is 2.33. The van der Waals surface area contributed by atoms with Gasteiger partial charge in [-0.1, -0.05) is 12.1 Å². The van der Waals surface area contributed by atoms with Gasteiger partial charge in [-0.3, -0.25) is 4.79 Å². The van der Waals surface area contributed by atoms with Crippen LogP contribution in [0, 0.1) is 6.92 Å². The molecule has 11 heteroatoms. The van der Waals surface area contributed by atoms with Crippen LogP contribution >= 0.6 is 0 Å². The van der Waals surface area contributed by atoms with Crippen LogP contribution in [-0.2, 0) is 12.6 Å². The molecule has 150 valence electrons. The number of hydrogen-bond donors (Lipinski definition) is 1. The molecule has 0 spiro atoms. The van der Waals surface area contributed by atoms with E-state index in [0.717, 1.165) is 16.8 Å². The van der Waals surface area contributed by atoms with E-state index < -0.39 is 41.6 Å². The summed E-state index contributed by atoms with van der Waals surface area (Å²) in [6, 6.07) is 3.43. The molecule has 0 saturated carbocycles. The minimum absolute atomic E-state index is 0.0621. The molecule has 0 bridgehead atoms. The first kappa shape index (κ1) is 19.9. The van der Waals surface area contributed by atoms with Crippen molar-refractivity contribution in [2.45, 2.75) is 38.7 Å². The smallest absolute Gasteiger partial charge is 0.310 e. The Bertz CT molecular complexity index is 1060. The second-order valence-corrected chi connectivity index (χ2v) is 6.33. The fourth-order valence-electron chi connectivity index (χ4n) is 2.90. The predicted molar refractivity (Wildman–Crippen MR) is 87.9 cm³/mol.